The number of aromatic nitrogens is 1. The summed E-state index contributed by atoms with van der Waals surface area (Å²) < 4.78 is 0. The van der Waals surface area contributed by atoms with E-state index in [9.17, 15) is 14.4 Å². The van der Waals surface area contributed by atoms with E-state index in [1.54, 1.807) is 16.2 Å². The first-order valence-corrected chi connectivity index (χ1v) is 10.0. The van der Waals surface area contributed by atoms with Crippen molar-refractivity contribution in [3.8, 4) is 0 Å². The summed E-state index contributed by atoms with van der Waals surface area (Å²) in [6.07, 6.45) is 0.632. The molecule has 2 aromatic rings. The van der Waals surface area contributed by atoms with Crippen LogP contribution in [-0.2, 0) is 29.2 Å². The van der Waals surface area contributed by atoms with Gasteiger partial charge in [0, 0.05) is 37.0 Å². The molecule has 1 aromatic carbocycles. The normalized spacial score (nSPS) is 19.0. The zero-order chi connectivity index (χ0) is 19.7. The number of anilines is 1. The Morgan fingerprint density at radius 2 is 2.14 bits per heavy atom. The average Bonchev–Trinajstić information content (AvgIpc) is 3.25. The van der Waals surface area contributed by atoms with Crippen LogP contribution >= 0.6 is 11.3 Å². The number of hydrogen-bond acceptors (Lipinski definition) is 7. The monoisotopic (exact) mass is 399 g/mol. The van der Waals surface area contributed by atoms with Gasteiger partial charge in [-0.2, -0.15) is 0 Å². The van der Waals surface area contributed by atoms with Gasteiger partial charge in [0.25, 0.3) is 5.91 Å². The highest BCUT2D eigenvalue weighted by Gasteiger charge is 2.38. The van der Waals surface area contributed by atoms with Crippen molar-refractivity contribution < 1.29 is 14.4 Å². The number of thiazole rings is 1. The van der Waals surface area contributed by atoms with E-state index in [-0.39, 0.29) is 24.1 Å². The highest BCUT2D eigenvalue weighted by Crippen LogP contribution is 2.28. The minimum absolute atomic E-state index is 0.152. The van der Waals surface area contributed by atoms with Crippen molar-refractivity contribution in [3.05, 3.63) is 46.0 Å². The number of imide groups is 1. The van der Waals surface area contributed by atoms with Gasteiger partial charge in [0.15, 0.2) is 5.13 Å². The van der Waals surface area contributed by atoms with Gasteiger partial charge in [-0.3, -0.25) is 19.7 Å². The van der Waals surface area contributed by atoms with Gasteiger partial charge in [0.1, 0.15) is 6.04 Å². The summed E-state index contributed by atoms with van der Waals surface area (Å²) >= 11 is 1.56. The molecule has 0 bridgehead atoms. The lowest BCUT2D eigenvalue weighted by molar-refractivity contribution is -0.136. The number of nitrogens with zero attached hydrogens (tertiary/aromatic N) is 2. The number of benzene rings is 1. The summed E-state index contributed by atoms with van der Waals surface area (Å²) in [6, 6.07) is 5.14. The van der Waals surface area contributed by atoms with Crippen molar-refractivity contribution in [1.82, 2.24) is 20.5 Å². The summed E-state index contributed by atoms with van der Waals surface area (Å²) in [7, 11) is 1.89. The molecular formula is C19H21N5O3S. The van der Waals surface area contributed by atoms with E-state index in [1.807, 2.05) is 30.6 Å². The van der Waals surface area contributed by atoms with Crippen LogP contribution in [0.5, 0.6) is 0 Å². The molecule has 3 amide bonds. The van der Waals surface area contributed by atoms with Crippen LogP contribution in [0.25, 0.3) is 0 Å². The fraction of sp³-hybridized carbons (Fsp3) is 0.368. The molecule has 4 rings (SSSR count). The topological polar surface area (TPSA) is 103 Å². The molecule has 1 unspecified atom stereocenters. The molecule has 3 N–H and O–H groups in total. The highest BCUT2D eigenvalue weighted by atomic mass is 32.1. The van der Waals surface area contributed by atoms with Crippen molar-refractivity contribution >= 4 is 34.2 Å². The molecule has 1 saturated heterocycles. The molecule has 9 heteroatoms. The maximum absolute atomic E-state index is 12.7. The first kappa shape index (κ1) is 18.6. The minimum Gasteiger partial charge on any atom is -0.357 e. The second-order valence-electron chi connectivity index (χ2n) is 6.92. The van der Waals surface area contributed by atoms with Gasteiger partial charge < -0.3 is 15.5 Å². The standard InChI is InChI=1S/C19H21N5O3S/c1-20-8-13-10-28-19(22-13)21-7-11-2-3-14-12(6-11)9-24(18(14)27)15-4-5-16(25)23-17(15)26/h2-3,6,10,15,20H,4-5,7-9H2,1H3,(H,21,22)(H,23,25,26). The third-order valence-electron chi connectivity index (χ3n) is 4.94. The molecule has 1 aromatic heterocycles. The van der Waals surface area contributed by atoms with Crippen LogP contribution in [-0.4, -0.2) is 40.7 Å². The van der Waals surface area contributed by atoms with Crippen LogP contribution in [0.15, 0.2) is 23.6 Å². The smallest absolute Gasteiger partial charge is 0.255 e. The van der Waals surface area contributed by atoms with E-state index in [4.69, 9.17) is 0 Å². The second-order valence-corrected chi connectivity index (χ2v) is 7.78. The van der Waals surface area contributed by atoms with Gasteiger partial charge >= 0.3 is 0 Å². The van der Waals surface area contributed by atoms with Gasteiger partial charge in [-0.25, -0.2) is 4.98 Å². The average molecular weight is 399 g/mol. The van der Waals surface area contributed by atoms with Crippen LogP contribution in [0, 0.1) is 0 Å². The minimum atomic E-state index is -0.583. The largest absolute Gasteiger partial charge is 0.357 e. The van der Waals surface area contributed by atoms with E-state index < -0.39 is 6.04 Å². The van der Waals surface area contributed by atoms with Gasteiger partial charge in [0.2, 0.25) is 11.8 Å². The lowest BCUT2D eigenvalue weighted by Gasteiger charge is -2.29. The lowest BCUT2D eigenvalue weighted by Crippen LogP contribution is -2.52. The van der Waals surface area contributed by atoms with E-state index >= 15 is 0 Å². The molecule has 3 heterocycles. The molecule has 0 aliphatic carbocycles. The number of hydrogen-bond donors (Lipinski definition) is 3. The van der Waals surface area contributed by atoms with Crippen molar-refractivity contribution in [2.45, 2.75) is 38.5 Å². The zero-order valence-corrected chi connectivity index (χ0v) is 16.3. The van der Waals surface area contributed by atoms with Gasteiger partial charge in [0.05, 0.1) is 5.69 Å². The second kappa shape index (κ2) is 7.69. The van der Waals surface area contributed by atoms with Crippen molar-refractivity contribution in [2.75, 3.05) is 12.4 Å². The number of piperidine rings is 1. The van der Waals surface area contributed by atoms with Gasteiger partial charge in [-0.05, 0) is 30.7 Å². The first-order valence-electron chi connectivity index (χ1n) is 9.14. The quantitative estimate of drug-likeness (QED) is 0.632. The molecular weight excluding hydrogens is 378 g/mol. The molecule has 2 aliphatic rings. The van der Waals surface area contributed by atoms with Gasteiger partial charge in [-0.15, -0.1) is 11.3 Å². The molecule has 0 saturated carbocycles. The summed E-state index contributed by atoms with van der Waals surface area (Å²) in [5.41, 5.74) is 3.57. The number of fused-ring (bicyclic) bond motifs is 1. The number of nitrogens with one attached hydrogen (secondary N) is 3. The summed E-state index contributed by atoms with van der Waals surface area (Å²) in [6.45, 7) is 1.72. The Kier molecular flexibility index (Phi) is 5.10. The van der Waals surface area contributed by atoms with Crippen LogP contribution < -0.4 is 16.0 Å². The molecule has 146 valence electrons. The number of carbonyl (C=O) groups is 3. The van der Waals surface area contributed by atoms with Crippen molar-refractivity contribution in [3.63, 3.8) is 0 Å². The van der Waals surface area contributed by atoms with E-state index in [2.05, 4.69) is 20.9 Å². The summed E-state index contributed by atoms with van der Waals surface area (Å²) in [5.74, 6) is -0.820. The maximum Gasteiger partial charge on any atom is 0.255 e. The Morgan fingerprint density at radius 1 is 1.29 bits per heavy atom. The Morgan fingerprint density at radius 3 is 2.93 bits per heavy atom. The van der Waals surface area contributed by atoms with E-state index in [0.717, 1.165) is 28.5 Å². The zero-order valence-electron chi connectivity index (χ0n) is 15.4. The molecule has 2 aliphatic heterocycles. The Balaban J connectivity index is 1.43. The summed E-state index contributed by atoms with van der Waals surface area (Å²) in [4.78, 5) is 42.2. The lowest BCUT2D eigenvalue weighted by atomic mass is 10.0. The predicted octanol–water partition coefficient (Wildman–Crippen LogP) is 1.24. The third kappa shape index (κ3) is 3.63. The third-order valence-corrected chi connectivity index (χ3v) is 5.79. The van der Waals surface area contributed by atoms with E-state index in [0.29, 0.717) is 25.1 Å². The SMILES string of the molecule is CNCc1csc(NCc2ccc3c(c2)CN(C2CCC(=O)NC2=O)C3=O)n1. The Hall–Kier alpha value is -2.78. The summed E-state index contributed by atoms with van der Waals surface area (Å²) in [5, 5.41) is 11.6. The van der Waals surface area contributed by atoms with Gasteiger partial charge in [-0.1, -0.05) is 12.1 Å². The number of amides is 3. The van der Waals surface area contributed by atoms with Crippen molar-refractivity contribution in [1.29, 1.82) is 0 Å². The molecule has 0 spiro atoms. The van der Waals surface area contributed by atoms with Crippen LogP contribution in [0.3, 0.4) is 0 Å². The van der Waals surface area contributed by atoms with E-state index in [1.165, 1.54) is 0 Å². The van der Waals surface area contributed by atoms with Crippen LogP contribution in [0.4, 0.5) is 5.13 Å². The Bertz CT molecular complexity index is 941. The molecule has 8 nitrogen and oxygen atoms in total. The highest BCUT2D eigenvalue weighted by molar-refractivity contribution is 7.13. The number of carbonyl (C=O) groups excluding carboxylic acids is 3. The van der Waals surface area contributed by atoms with Crippen LogP contribution in [0.2, 0.25) is 0 Å². The fourth-order valence-electron chi connectivity index (χ4n) is 3.57. The number of rotatable bonds is 6. The Labute approximate surface area is 166 Å². The fourth-order valence-corrected chi connectivity index (χ4v) is 4.28. The molecule has 28 heavy (non-hydrogen) atoms. The maximum atomic E-state index is 12.7. The van der Waals surface area contributed by atoms with Crippen LogP contribution in [0.1, 0.15) is 40.0 Å². The first-order chi connectivity index (χ1) is 13.5. The molecule has 1 atom stereocenters. The predicted molar refractivity (Wildman–Crippen MR) is 105 cm³/mol. The van der Waals surface area contributed by atoms with Crippen molar-refractivity contribution in [2.24, 2.45) is 0 Å². The molecule has 1 fully saturated rings. The molecule has 0 radical (unpaired) electrons.